The molecule has 0 saturated heterocycles. The van der Waals surface area contributed by atoms with E-state index in [9.17, 15) is 0 Å². The molecule has 100 valence electrons. The van der Waals surface area contributed by atoms with Gasteiger partial charge in [0.25, 0.3) is 0 Å². The van der Waals surface area contributed by atoms with Crippen molar-refractivity contribution in [3.05, 3.63) is 44.7 Å². The Labute approximate surface area is 130 Å². The summed E-state index contributed by atoms with van der Waals surface area (Å²) in [7, 11) is 0. The molecule has 0 saturated carbocycles. The molecule has 3 nitrogen and oxygen atoms in total. The highest BCUT2D eigenvalue weighted by atomic mass is 79.9. The molecule has 1 aromatic carbocycles. The number of hydrogen-bond acceptors (Lipinski definition) is 3. The lowest BCUT2D eigenvalue weighted by Crippen LogP contribution is -2.02. The number of anilines is 2. The molecule has 0 aliphatic rings. The molecule has 0 amide bonds. The van der Waals surface area contributed by atoms with Gasteiger partial charge in [0.15, 0.2) is 0 Å². The van der Waals surface area contributed by atoms with Crippen LogP contribution in [0.4, 0.5) is 11.5 Å². The van der Waals surface area contributed by atoms with E-state index in [4.69, 9.17) is 0 Å². The minimum atomic E-state index is 0.291. The van der Waals surface area contributed by atoms with Crippen LogP contribution in [0.5, 0.6) is 0 Å². The number of aryl methyl sites for hydroxylation is 1. The highest BCUT2D eigenvalue weighted by molar-refractivity contribution is 9.10. The third-order valence-electron chi connectivity index (χ3n) is 2.68. The van der Waals surface area contributed by atoms with E-state index in [0.29, 0.717) is 5.92 Å². The summed E-state index contributed by atoms with van der Waals surface area (Å²) in [5.41, 5.74) is 2.18. The highest BCUT2D eigenvalue weighted by Gasteiger charge is 2.08. The zero-order chi connectivity index (χ0) is 14.0. The minimum Gasteiger partial charge on any atom is -0.339 e. The lowest BCUT2D eigenvalue weighted by Gasteiger charge is -2.12. The van der Waals surface area contributed by atoms with Gasteiger partial charge < -0.3 is 5.32 Å². The molecule has 0 bridgehead atoms. The second-order valence-electron chi connectivity index (χ2n) is 4.65. The monoisotopic (exact) mass is 383 g/mol. The van der Waals surface area contributed by atoms with Crippen molar-refractivity contribution in [1.82, 2.24) is 9.97 Å². The molecule has 5 heteroatoms. The fourth-order valence-electron chi connectivity index (χ4n) is 1.64. The number of halogens is 2. The second kappa shape index (κ2) is 6.01. The van der Waals surface area contributed by atoms with Crippen LogP contribution in [0.15, 0.2) is 33.3 Å². The average Bonchev–Trinajstić information content (AvgIpc) is 2.34. The fourth-order valence-corrected chi connectivity index (χ4v) is 2.40. The molecule has 0 atom stereocenters. The molecule has 0 radical (unpaired) electrons. The Bertz CT molecular complexity index is 597. The molecule has 2 rings (SSSR count). The van der Waals surface area contributed by atoms with Crippen LogP contribution in [0.1, 0.15) is 31.2 Å². The van der Waals surface area contributed by atoms with Crippen molar-refractivity contribution < 1.29 is 0 Å². The zero-order valence-electron chi connectivity index (χ0n) is 11.0. The van der Waals surface area contributed by atoms with E-state index in [1.54, 1.807) is 0 Å². The Morgan fingerprint density at radius 2 is 1.89 bits per heavy atom. The van der Waals surface area contributed by atoms with Crippen LogP contribution in [-0.2, 0) is 0 Å². The van der Waals surface area contributed by atoms with Crippen LogP contribution in [0.25, 0.3) is 0 Å². The molecular formula is C14H15Br2N3. The first kappa shape index (κ1) is 14.5. The largest absolute Gasteiger partial charge is 0.339 e. The Hall–Kier alpha value is -0.940. The van der Waals surface area contributed by atoms with Crippen LogP contribution in [0.2, 0.25) is 0 Å². The topological polar surface area (TPSA) is 37.8 Å². The fraction of sp³-hybridized carbons (Fsp3) is 0.286. The number of nitrogens with one attached hydrogen (secondary N) is 1. The molecule has 0 spiro atoms. The number of hydrogen-bond donors (Lipinski definition) is 1. The van der Waals surface area contributed by atoms with E-state index in [2.05, 4.69) is 74.0 Å². The maximum Gasteiger partial charge on any atom is 0.135 e. The van der Waals surface area contributed by atoms with Gasteiger partial charge in [-0.05, 0) is 50.4 Å². The van der Waals surface area contributed by atoms with Gasteiger partial charge in [-0.25, -0.2) is 9.97 Å². The highest BCUT2D eigenvalue weighted by Crippen LogP contribution is 2.29. The van der Waals surface area contributed by atoms with Crippen molar-refractivity contribution in [2.24, 2.45) is 0 Å². The Balaban J connectivity index is 2.35. The Kier molecular flexibility index (Phi) is 4.58. The first-order valence-corrected chi connectivity index (χ1v) is 7.62. The molecule has 19 heavy (non-hydrogen) atoms. The summed E-state index contributed by atoms with van der Waals surface area (Å²) in [4.78, 5) is 8.89. The molecule has 1 heterocycles. The number of benzene rings is 1. The van der Waals surface area contributed by atoms with Crippen molar-refractivity contribution in [2.45, 2.75) is 26.7 Å². The van der Waals surface area contributed by atoms with Gasteiger partial charge >= 0.3 is 0 Å². The van der Waals surface area contributed by atoms with E-state index >= 15 is 0 Å². The molecule has 2 aromatic rings. The summed E-state index contributed by atoms with van der Waals surface area (Å²) in [5.74, 6) is 1.90. The molecule has 0 unspecified atom stereocenters. The third kappa shape index (κ3) is 3.54. The SMILES string of the molecule is Cc1cccc(Nc2cc(Br)nc(C(C)C)n2)c1Br. The van der Waals surface area contributed by atoms with Crippen LogP contribution < -0.4 is 5.32 Å². The summed E-state index contributed by atoms with van der Waals surface area (Å²) in [6, 6.07) is 7.97. The Morgan fingerprint density at radius 3 is 2.58 bits per heavy atom. The van der Waals surface area contributed by atoms with Crippen LogP contribution in [0.3, 0.4) is 0 Å². The molecule has 0 aliphatic carbocycles. The van der Waals surface area contributed by atoms with Crippen LogP contribution in [0, 0.1) is 6.92 Å². The van der Waals surface area contributed by atoms with E-state index in [0.717, 1.165) is 26.4 Å². The van der Waals surface area contributed by atoms with Gasteiger partial charge in [-0.1, -0.05) is 26.0 Å². The predicted molar refractivity (Wildman–Crippen MR) is 86.0 cm³/mol. The van der Waals surface area contributed by atoms with Gasteiger partial charge in [0.1, 0.15) is 16.2 Å². The Morgan fingerprint density at radius 1 is 1.16 bits per heavy atom. The number of aromatic nitrogens is 2. The molecule has 1 N–H and O–H groups in total. The zero-order valence-corrected chi connectivity index (χ0v) is 14.2. The summed E-state index contributed by atoms with van der Waals surface area (Å²) in [6.07, 6.45) is 0. The van der Waals surface area contributed by atoms with Gasteiger partial charge in [-0.3, -0.25) is 0 Å². The maximum absolute atomic E-state index is 4.53. The average molecular weight is 385 g/mol. The van der Waals surface area contributed by atoms with E-state index in [1.807, 2.05) is 18.2 Å². The van der Waals surface area contributed by atoms with Crippen LogP contribution in [-0.4, -0.2) is 9.97 Å². The van der Waals surface area contributed by atoms with Gasteiger partial charge in [-0.2, -0.15) is 0 Å². The van der Waals surface area contributed by atoms with Gasteiger partial charge in [0.05, 0.1) is 5.69 Å². The molecule has 0 aliphatic heterocycles. The van der Waals surface area contributed by atoms with Crippen LogP contribution >= 0.6 is 31.9 Å². The standard InChI is InChI=1S/C14H15Br2N3/c1-8(2)14-18-11(15)7-12(19-14)17-10-6-4-5-9(3)13(10)16/h4-8H,1-3H3,(H,17,18,19). The van der Waals surface area contributed by atoms with Gasteiger partial charge in [0.2, 0.25) is 0 Å². The third-order valence-corrected chi connectivity index (χ3v) is 4.14. The lowest BCUT2D eigenvalue weighted by molar-refractivity contribution is 0.771. The van der Waals surface area contributed by atoms with Crippen molar-refractivity contribution in [3.63, 3.8) is 0 Å². The summed E-state index contributed by atoms with van der Waals surface area (Å²) >= 11 is 7.01. The van der Waals surface area contributed by atoms with Gasteiger partial charge in [-0.15, -0.1) is 0 Å². The van der Waals surface area contributed by atoms with Gasteiger partial charge in [0, 0.05) is 16.5 Å². The summed E-state index contributed by atoms with van der Waals surface area (Å²) in [5, 5.41) is 3.32. The quantitative estimate of drug-likeness (QED) is 0.741. The lowest BCUT2D eigenvalue weighted by atomic mass is 10.2. The van der Waals surface area contributed by atoms with Crippen molar-refractivity contribution in [1.29, 1.82) is 0 Å². The first-order chi connectivity index (χ1) is 8.97. The smallest absolute Gasteiger partial charge is 0.135 e. The molecule has 1 aromatic heterocycles. The van der Waals surface area contributed by atoms with Crippen molar-refractivity contribution in [2.75, 3.05) is 5.32 Å². The molecule has 0 fully saturated rings. The van der Waals surface area contributed by atoms with E-state index in [-0.39, 0.29) is 0 Å². The van der Waals surface area contributed by atoms with Crippen molar-refractivity contribution >= 4 is 43.4 Å². The second-order valence-corrected chi connectivity index (χ2v) is 6.26. The first-order valence-electron chi connectivity index (χ1n) is 6.04. The normalized spacial score (nSPS) is 10.8. The van der Waals surface area contributed by atoms with Crippen molar-refractivity contribution in [3.8, 4) is 0 Å². The maximum atomic E-state index is 4.53. The van der Waals surface area contributed by atoms with E-state index < -0.39 is 0 Å². The minimum absolute atomic E-state index is 0.291. The summed E-state index contributed by atoms with van der Waals surface area (Å²) < 4.78 is 1.84. The predicted octanol–water partition coefficient (Wildman–Crippen LogP) is 5.18. The molecular weight excluding hydrogens is 370 g/mol. The summed E-state index contributed by atoms with van der Waals surface area (Å²) in [6.45, 7) is 6.22. The van der Waals surface area contributed by atoms with E-state index in [1.165, 1.54) is 5.56 Å². The number of nitrogens with zero attached hydrogens (tertiary/aromatic N) is 2. The number of rotatable bonds is 3.